The quantitative estimate of drug-likeness (QED) is 0.378. The molecular weight excluding hydrogens is 288 g/mol. The van der Waals surface area contributed by atoms with E-state index in [1.807, 2.05) is 13.8 Å². The van der Waals surface area contributed by atoms with Crippen LogP contribution in [0.5, 0.6) is 0 Å². The van der Waals surface area contributed by atoms with Gasteiger partial charge >= 0.3 is 0 Å². The summed E-state index contributed by atoms with van der Waals surface area (Å²) < 4.78 is 0. The molecule has 0 aliphatic carbocycles. The lowest BCUT2D eigenvalue weighted by molar-refractivity contribution is 0.754. The smallest absolute Gasteiger partial charge is 0.181 e. The van der Waals surface area contributed by atoms with Crippen molar-refractivity contribution in [3.05, 3.63) is 24.5 Å². The van der Waals surface area contributed by atoms with Crippen molar-refractivity contribution in [2.75, 3.05) is 5.43 Å². The van der Waals surface area contributed by atoms with E-state index in [1.54, 1.807) is 12.4 Å². The third-order valence-corrected chi connectivity index (χ3v) is 3.69. The van der Waals surface area contributed by atoms with E-state index >= 15 is 0 Å². The molecular formula is C12H14N8S. The maximum absolute atomic E-state index is 5.46. The fourth-order valence-corrected chi connectivity index (χ4v) is 2.61. The minimum absolute atomic E-state index is 0.204. The summed E-state index contributed by atoms with van der Waals surface area (Å²) >= 11 is 1.41. The van der Waals surface area contributed by atoms with Gasteiger partial charge in [-0.25, -0.2) is 30.8 Å². The maximum Gasteiger partial charge on any atom is 0.181 e. The molecule has 3 heterocycles. The predicted molar refractivity (Wildman–Crippen MR) is 79.7 cm³/mol. The van der Waals surface area contributed by atoms with Crippen molar-refractivity contribution in [3.8, 4) is 0 Å². The molecule has 0 aromatic carbocycles. The van der Waals surface area contributed by atoms with Crippen LogP contribution in [0.1, 0.15) is 25.6 Å². The second-order valence-corrected chi connectivity index (χ2v) is 5.64. The van der Waals surface area contributed by atoms with E-state index in [1.165, 1.54) is 18.1 Å². The standard InChI is InChI=1S/C12H14N8S/c1-6(2)10-18-7(20-13)3-8(19-10)21-12-9-11(15-4-14-9)16-5-17-12/h3-6H,13H2,1-2H3,(H,18,19,20)(H,14,15,16,17). The van der Waals surface area contributed by atoms with Crippen LogP contribution in [0.25, 0.3) is 11.2 Å². The molecule has 9 heteroatoms. The van der Waals surface area contributed by atoms with Crippen LogP contribution in [0.4, 0.5) is 5.82 Å². The number of rotatable bonds is 4. The largest absolute Gasteiger partial charge is 0.341 e. The molecule has 8 nitrogen and oxygen atoms in total. The lowest BCUT2D eigenvalue weighted by Crippen LogP contribution is -2.11. The molecule has 0 aliphatic heterocycles. The molecule has 0 radical (unpaired) electrons. The van der Waals surface area contributed by atoms with E-state index < -0.39 is 0 Å². The van der Waals surface area contributed by atoms with Gasteiger partial charge in [0.1, 0.15) is 33.5 Å². The van der Waals surface area contributed by atoms with Crippen LogP contribution in [-0.4, -0.2) is 29.9 Å². The number of H-pyrrole nitrogens is 1. The van der Waals surface area contributed by atoms with Crippen molar-refractivity contribution in [2.24, 2.45) is 5.84 Å². The molecule has 4 N–H and O–H groups in total. The topological polar surface area (TPSA) is 118 Å². The Hall–Kier alpha value is -2.26. The third kappa shape index (κ3) is 2.78. The van der Waals surface area contributed by atoms with Gasteiger partial charge < -0.3 is 10.4 Å². The van der Waals surface area contributed by atoms with E-state index in [-0.39, 0.29) is 5.92 Å². The number of hydrazine groups is 1. The van der Waals surface area contributed by atoms with Crippen molar-refractivity contribution >= 4 is 28.7 Å². The van der Waals surface area contributed by atoms with Crippen LogP contribution in [0, 0.1) is 0 Å². The van der Waals surface area contributed by atoms with Crippen LogP contribution < -0.4 is 11.3 Å². The van der Waals surface area contributed by atoms with Crippen LogP contribution in [0.2, 0.25) is 0 Å². The molecule has 0 spiro atoms. The van der Waals surface area contributed by atoms with Crippen molar-refractivity contribution in [1.82, 2.24) is 29.9 Å². The number of nitrogens with one attached hydrogen (secondary N) is 2. The number of anilines is 1. The highest BCUT2D eigenvalue weighted by atomic mass is 32.2. The highest BCUT2D eigenvalue weighted by molar-refractivity contribution is 7.99. The molecule has 0 saturated carbocycles. The van der Waals surface area contributed by atoms with E-state index in [4.69, 9.17) is 5.84 Å². The summed E-state index contributed by atoms with van der Waals surface area (Å²) in [5.41, 5.74) is 3.98. The molecule has 0 bridgehead atoms. The van der Waals surface area contributed by atoms with Crippen LogP contribution in [0.3, 0.4) is 0 Å². The van der Waals surface area contributed by atoms with Crippen molar-refractivity contribution in [2.45, 2.75) is 29.8 Å². The fourth-order valence-electron chi connectivity index (χ4n) is 1.75. The Bertz CT molecular complexity index is 769. The van der Waals surface area contributed by atoms with E-state index in [2.05, 4.69) is 35.3 Å². The van der Waals surface area contributed by atoms with Crippen LogP contribution in [0.15, 0.2) is 28.8 Å². The van der Waals surface area contributed by atoms with Gasteiger partial charge in [0.2, 0.25) is 0 Å². The molecule has 3 rings (SSSR count). The lowest BCUT2D eigenvalue weighted by Gasteiger charge is -2.09. The summed E-state index contributed by atoms with van der Waals surface area (Å²) in [6.07, 6.45) is 3.08. The number of imidazole rings is 1. The van der Waals surface area contributed by atoms with Gasteiger partial charge in [-0.2, -0.15) is 0 Å². The molecule has 3 aromatic rings. The predicted octanol–water partition coefficient (Wildman–Crippen LogP) is 1.70. The number of nitrogens with two attached hydrogens (primary N) is 1. The zero-order valence-electron chi connectivity index (χ0n) is 11.5. The summed E-state index contributed by atoms with van der Waals surface area (Å²) in [5.74, 6) is 6.97. The summed E-state index contributed by atoms with van der Waals surface area (Å²) in [4.78, 5) is 24.4. The zero-order valence-corrected chi connectivity index (χ0v) is 12.3. The van der Waals surface area contributed by atoms with Crippen molar-refractivity contribution in [1.29, 1.82) is 0 Å². The number of fused-ring (bicyclic) bond motifs is 1. The molecule has 0 saturated heterocycles. The van der Waals surface area contributed by atoms with Crippen molar-refractivity contribution in [3.63, 3.8) is 0 Å². The van der Waals surface area contributed by atoms with Gasteiger partial charge in [0.25, 0.3) is 0 Å². The van der Waals surface area contributed by atoms with Gasteiger partial charge in [-0.1, -0.05) is 13.8 Å². The van der Waals surface area contributed by atoms with Crippen molar-refractivity contribution < 1.29 is 0 Å². The van der Waals surface area contributed by atoms with Gasteiger partial charge in [0.05, 0.1) is 6.33 Å². The molecule has 0 atom stereocenters. The van der Waals surface area contributed by atoms with Crippen LogP contribution in [-0.2, 0) is 0 Å². The number of hydrogen-bond donors (Lipinski definition) is 3. The highest BCUT2D eigenvalue weighted by Gasteiger charge is 2.12. The Morgan fingerprint density at radius 3 is 2.86 bits per heavy atom. The first kappa shape index (κ1) is 13.7. The molecule has 21 heavy (non-hydrogen) atoms. The number of aromatic amines is 1. The zero-order chi connectivity index (χ0) is 14.8. The van der Waals surface area contributed by atoms with Gasteiger partial charge in [-0.3, -0.25) is 0 Å². The SMILES string of the molecule is CC(C)c1nc(NN)cc(Sc2ncnc3nc[nH]c23)n1. The first-order chi connectivity index (χ1) is 10.2. The second-order valence-electron chi connectivity index (χ2n) is 4.63. The maximum atomic E-state index is 5.46. The Labute approximate surface area is 125 Å². The Balaban J connectivity index is 2.01. The van der Waals surface area contributed by atoms with Gasteiger partial charge in [-0.15, -0.1) is 0 Å². The first-order valence-corrected chi connectivity index (χ1v) is 7.16. The molecule has 0 amide bonds. The summed E-state index contributed by atoms with van der Waals surface area (Å²) in [7, 11) is 0. The highest BCUT2D eigenvalue weighted by Crippen LogP contribution is 2.30. The summed E-state index contributed by atoms with van der Waals surface area (Å²) in [6, 6.07) is 1.78. The van der Waals surface area contributed by atoms with Gasteiger partial charge in [0.15, 0.2) is 5.65 Å². The fraction of sp³-hybridized carbons (Fsp3) is 0.250. The monoisotopic (exact) mass is 302 g/mol. The number of hydrogen-bond acceptors (Lipinski definition) is 8. The van der Waals surface area contributed by atoms with Gasteiger partial charge in [0, 0.05) is 12.0 Å². The van der Waals surface area contributed by atoms with Crippen LogP contribution >= 0.6 is 11.8 Å². The Morgan fingerprint density at radius 2 is 2.10 bits per heavy atom. The van der Waals surface area contributed by atoms with E-state index in [0.717, 1.165) is 21.4 Å². The normalized spacial score (nSPS) is 11.2. The molecule has 0 aliphatic rings. The summed E-state index contributed by atoms with van der Waals surface area (Å²) in [6.45, 7) is 4.06. The third-order valence-electron chi connectivity index (χ3n) is 2.77. The molecule has 3 aromatic heterocycles. The van der Waals surface area contributed by atoms with E-state index in [0.29, 0.717) is 11.5 Å². The van der Waals surface area contributed by atoms with Gasteiger partial charge in [-0.05, 0) is 11.8 Å². The molecule has 0 unspecified atom stereocenters. The molecule has 108 valence electrons. The number of nitrogen functional groups attached to an aromatic ring is 1. The van der Waals surface area contributed by atoms with E-state index in [9.17, 15) is 0 Å². The minimum atomic E-state index is 0.204. The lowest BCUT2D eigenvalue weighted by atomic mass is 10.2. The number of nitrogens with zero attached hydrogens (tertiary/aromatic N) is 5. The first-order valence-electron chi connectivity index (χ1n) is 6.35. The average molecular weight is 302 g/mol. The number of aromatic nitrogens is 6. The summed E-state index contributed by atoms with van der Waals surface area (Å²) in [5, 5.41) is 1.52. The second kappa shape index (κ2) is 5.62. The minimum Gasteiger partial charge on any atom is -0.341 e. The average Bonchev–Trinajstić information content (AvgIpc) is 2.96. The Kier molecular flexibility index (Phi) is 3.67. The molecule has 0 fully saturated rings. The Morgan fingerprint density at radius 1 is 1.24 bits per heavy atom.